The van der Waals surface area contributed by atoms with Crippen LogP contribution in [0.2, 0.25) is 0 Å². The summed E-state index contributed by atoms with van der Waals surface area (Å²) in [4.78, 5) is 7.70. The zero-order valence-corrected chi connectivity index (χ0v) is 10.3. The Bertz CT molecular complexity index is 498. The molecule has 102 valence electrons. The summed E-state index contributed by atoms with van der Waals surface area (Å²) in [7, 11) is 0. The third-order valence-corrected chi connectivity index (χ3v) is 3.09. The van der Waals surface area contributed by atoms with E-state index in [4.69, 9.17) is 0 Å². The second kappa shape index (κ2) is 5.03. The Hall–Kier alpha value is -1.85. The molecule has 0 radical (unpaired) electrons. The average Bonchev–Trinajstić information content (AvgIpc) is 2.37. The number of rotatable bonds is 2. The van der Waals surface area contributed by atoms with Crippen LogP contribution < -0.4 is 5.32 Å². The Morgan fingerprint density at radius 3 is 2.79 bits per heavy atom. The molecule has 1 N–H and O–H groups in total. The molecule has 1 aliphatic heterocycles. The van der Waals surface area contributed by atoms with Gasteiger partial charge < -0.3 is 5.32 Å². The van der Waals surface area contributed by atoms with Crippen molar-refractivity contribution in [3.05, 3.63) is 35.8 Å². The van der Waals surface area contributed by atoms with Crippen molar-refractivity contribution in [3.63, 3.8) is 0 Å². The Labute approximate surface area is 109 Å². The molecule has 1 aliphatic carbocycles. The summed E-state index contributed by atoms with van der Waals surface area (Å²) in [5.74, 6) is -1.24. The van der Waals surface area contributed by atoms with E-state index in [1.807, 2.05) is 0 Å². The average molecular weight is 269 g/mol. The highest BCUT2D eigenvalue weighted by Gasteiger charge is 2.40. The van der Waals surface area contributed by atoms with E-state index in [-0.39, 0.29) is 12.2 Å². The molecule has 1 unspecified atom stereocenters. The van der Waals surface area contributed by atoms with Gasteiger partial charge in [-0.3, -0.25) is 0 Å². The van der Waals surface area contributed by atoms with Crippen molar-refractivity contribution in [3.8, 4) is 0 Å². The summed E-state index contributed by atoms with van der Waals surface area (Å²) in [6, 6.07) is 0. The number of hydrogen-bond acceptors (Lipinski definition) is 3. The van der Waals surface area contributed by atoms with Crippen LogP contribution in [0.25, 0.3) is 0 Å². The van der Waals surface area contributed by atoms with Gasteiger partial charge in [-0.05, 0) is 13.1 Å². The molecule has 1 heterocycles. The van der Waals surface area contributed by atoms with Gasteiger partial charge in [0.05, 0.1) is 11.6 Å². The normalized spacial score (nSPS) is 25.0. The van der Waals surface area contributed by atoms with Gasteiger partial charge in [0, 0.05) is 24.2 Å². The summed E-state index contributed by atoms with van der Waals surface area (Å²) >= 11 is 0. The number of allylic oxidation sites excluding steroid dienone is 3. The summed E-state index contributed by atoms with van der Waals surface area (Å²) in [5, 5.41) is 3.08. The summed E-state index contributed by atoms with van der Waals surface area (Å²) < 4.78 is 38.3. The van der Waals surface area contributed by atoms with Gasteiger partial charge in [-0.1, -0.05) is 18.7 Å². The number of nitrogens with one attached hydrogen (secondary N) is 1. The first-order valence-corrected chi connectivity index (χ1v) is 5.88. The van der Waals surface area contributed by atoms with Gasteiger partial charge in [0.2, 0.25) is 0 Å². The minimum atomic E-state index is -4.23. The lowest BCUT2D eigenvalue weighted by atomic mass is 9.88. The van der Waals surface area contributed by atoms with Crippen molar-refractivity contribution < 1.29 is 13.2 Å². The van der Waals surface area contributed by atoms with Crippen molar-refractivity contribution in [2.75, 3.05) is 6.54 Å². The molecular weight excluding hydrogens is 255 g/mol. The number of hydrogen-bond donors (Lipinski definition) is 1. The fraction of sp³-hybridized carbons (Fsp3) is 0.385. The van der Waals surface area contributed by atoms with Gasteiger partial charge >= 0.3 is 6.18 Å². The minimum absolute atomic E-state index is 0.0384. The van der Waals surface area contributed by atoms with Gasteiger partial charge in [0.25, 0.3) is 0 Å². The predicted octanol–water partition coefficient (Wildman–Crippen LogP) is 2.99. The molecule has 1 saturated heterocycles. The van der Waals surface area contributed by atoms with Crippen LogP contribution in [0.15, 0.2) is 45.8 Å². The van der Waals surface area contributed by atoms with Crippen molar-refractivity contribution >= 4 is 12.4 Å². The third-order valence-electron chi connectivity index (χ3n) is 3.09. The van der Waals surface area contributed by atoms with E-state index < -0.39 is 12.1 Å². The van der Waals surface area contributed by atoms with Crippen LogP contribution in [-0.2, 0) is 0 Å². The molecule has 6 heteroatoms. The lowest BCUT2D eigenvalue weighted by Gasteiger charge is -2.28. The van der Waals surface area contributed by atoms with Gasteiger partial charge in [-0.15, -0.1) is 0 Å². The molecule has 1 atom stereocenters. The molecule has 0 amide bonds. The Morgan fingerprint density at radius 1 is 1.42 bits per heavy atom. The standard InChI is InChI=1S/C13H14F3N3/c1-8(17-2)19-12-5-6-18-11-4-3-9(7-10(11)12)13(14,15)16/h4,7,9,18H,1-3,5-6H2. The van der Waals surface area contributed by atoms with Gasteiger partial charge in [0.15, 0.2) is 0 Å². The first kappa shape index (κ1) is 13.6. The molecule has 19 heavy (non-hydrogen) atoms. The number of piperidine rings is 1. The number of alkyl halides is 3. The maximum absolute atomic E-state index is 12.8. The van der Waals surface area contributed by atoms with E-state index >= 15 is 0 Å². The number of aliphatic imine (C=N–C) groups is 2. The molecular formula is C13H14F3N3. The summed E-state index contributed by atoms with van der Waals surface area (Å²) in [5.41, 5.74) is 1.79. The van der Waals surface area contributed by atoms with Crippen LogP contribution in [0.1, 0.15) is 12.8 Å². The molecule has 1 fully saturated rings. The topological polar surface area (TPSA) is 36.8 Å². The maximum Gasteiger partial charge on any atom is 0.395 e. The molecule has 0 aromatic carbocycles. The highest BCUT2D eigenvalue weighted by Crippen LogP contribution is 2.36. The lowest BCUT2D eigenvalue weighted by molar-refractivity contribution is -0.160. The summed E-state index contributed by atoms with van der Waals surface area (Å²) in [6.45, 7) is 7.51. The van der Waals surface area contributed by atoms with E-state index in [0.29, 0.717) is 29.9 Å². The highest BCUT2D eigenvalue weighted by atomic mass is 19.4. The largest absolute Gasteiger partial charge is 0.395 e. The first-order chi connectivity index (χ1) is 8.91. The zero-order chi connectivity index (χ0) is 14.0. The molecule has 2 rings (SSSR count). The second-order valence-electron chi connectivity index (χ2n) is 4.39. The molecule has 0 bridgehead atoms. The van der Waals surface area contributed by atoms with Gasteiger partial charge in [-0.2, -0.15) is 13.2 Å². The first-order valence-electron chi connectivity index (χ1n) is 5.88. The van der Waals surface area contributed by atoms with Gasteiger partial charge in [0.1, 0.15) is 5.82 Å². The van der Waals surface area contributed by atoms with Crippen LogP contribution in [0.3, 0.4) is 0 Å². The van der Waals surface area contributed by atoms with E-state index in [1.165, 1.54) is 6.08 Å². The second-order valence-corrected chi connectivity index (χ2v) is 4.39. The summed E-state index contributed by atoms with van der Waals surface area (Å²) in [6.07, 6.45) is -0.917. The minimum Gasteiger partial charge on any atom is -0.384 e. The van der Waals surface area contributed by atoms with E-state index in [2.05, 4.69) is 28.6 Å². The third kappa shape index (κ3) is 2.94. The van der Waals surface area contributed by atoms with Gasteiger partial charge in [-0.25, -0.2) is 9.98 Å². The molecule has 0 aromatic heterocycles. The van der Waals surface area contributed by atoms with Crippen LogP contribution in [0.4, 0.5) is 13.2 Å². The fourth-order valence-corrected chi connectivity index (χ4v) is 2.12. The molecule has 2 aliphatic rings. The number of fused-ring (bicyclic) bond motifs is 1. The van der Waals surface area contributed by atoms with E-state index in [1.54, 1.807) is 6.08 Å². The molecule has 0 saturated carbocycles. The monoisotopic (exact) mass is 269 g/mol. The van der Waals surface area contributed by atoms with Crippen LogP contribution >= 0.6 is 0 Å². The Morgan fingerprint density at radius 2 is 2.16 bits per heavy atom. The Kier molecular flexibility index (Phi) is 3.59. The van der Waals surface area contributed by atoms with E-state index in [0.717, 1.165) is 0 Å². The molecule has 0 spiro atoms. The van der Waals surface area contributed by atoms with Crippen LogP contribution in [-0.4, -0.2) is 25.2 Å². The van der Waals surface area contributed by atoms with E-state index in [9.17, 15) is 13.2 Å². The quantitative estimate of drug-likeness (QED) is 0.769. The maximum atomic E-state index is 12.8. The van der Waals surface area contributed by atoms with Crippen molar-refractivity contribution in [1.29, 1.82) is 0 Å². The van der Waals surface area contributed by atoms with Crippen LogP contribution in [0, 0.1) is 5.92 Å². The highest BCUT2D eigenvalue weighted by molar-refractivity contribution is 6.05. The Balaban J connectivity index is 2.35. The SMILES string of the molecule is C=NC(=C)N=C1CCNC2=CCC(C(F)(F)F)C=C21. The van der Waals surface area contributed by atoms with Crippen molar-refractivity contribution in [2.45, 2.75) is 19.0 Å². The lowest BCUT2D eigenvalue weighted by Crippen LogP contribution is -2.33. The number of nitrogens with zero attached hydrogens (tertiary/aromatic N) is 2. The molecule has 0 aromatic rings. The zero-order valence-electron chi connectivity index (χ0n) is 10.3. The number of halogens is 3. The van der Waals surface area contributed by atoms with Crippen molar-refractivity contribution in [2.24, 2.45) is 15.9 Å². The fourth-order valence-electron chi connectivity index (χ4n) is 2.12. The molecule has 3 nitrogen and oxygen atoms in total. The predicted molar refractivity (Wildman–Crippen MR) is 69.1 cm³/mol. The van der Waals surface area contributed by atoms with Crippen LogP contribution in [0.5, 0.6) is 0 Å². The van der Waals surface area contributed by atoms with Crippen molar-refractivity contribution in [1.82, 2.24) is 5.32 Å². The smallest absolute Gasteiger partial charge is 0.384 e.